The molecule has 0 aliphatic heterocycles. The highest BCUT2D eigenvalue weighted by molar-refractivity contribution is 6.23. The summed E-state index contributed by atoms with van der Waals surface area (Å²) in [4.78, 5) is 0. The van der Waals surface area contributed by atoms with Gasteiger partial charge >= 0.3 is 0 Å². The Morgan fingerprint density at radius 1 is 1.45 bits per heavy atom. The van der Waals surface area contributed by atoms with Crippen molar-refractivity contribution >= 4 is 11.6 Å². The summed E-state index contributed by atoms with van der Waals surface area (Å²) in [5.41, 5.74) is 1.08. The third kappa shape index (κ3) is 2.81. The maximum atomic E-state index is 9.06. The zero-order valence-corrected chi connectivity index (χ0v) is 6.80. The number of hydrogen-bond acceptors (Lipinski definition) is 1. The van der Waals surface area contributed by atoms with Crippen LogP contribution in [0.2, 0.25) is 0 Å². The molecule has 1 N–H and O–H groups in total. The van der Waals surface area contributed by atoms with Crippen LogP contribution < -0.4 is 0 Å². The van der Waals surface area contributed by atoms with E-state index in [1.54, 1.807) is 12.1 Å². The average Bonchev–Trinajstić information content (AvgIpc) is 2.01. The molecule has 0 aromatic heterocycles. The van der Waals surface area contributed by atoms with Crippen molar-refractivity contribution in [2.45, 2.75) is 12.8 Å². The summed E-state index contributed by atoms with van der Waals surface area (Å²) in [6.07, 6.45) is 1.54. The van der Waals surface area contributed by atoms with Gasteiger partial charge in [-0.25, -0.2) is 0 Å². The molecular formula is C9H9ClO. The minimum Gasteiger partial charge on any atom is -0.508 e. The number of aryl methyl sites for hydroxylation is 1. The maximum Gasteiger partial charge on any atom is 0.115 e. The van der Waals surface area contributed by atoms with Crippen molar-refractivity contribution < 1.29 is 5.11 Å². The van der Waals surface area contributed by atoms with Crippen LogP contribution in [0.15, 0.2) is 24.3 Å². The fourth-order valence-electron chi connectivity index (χ4n) is 0.904. The first-order valence-corrected chi connectivity index (χ1v) is 3.82. The van der Waals surface area contributed by atoms with E-state index in [2.05, 4.69) is 5.88 Å². The van der Waals surface area contributed by atoms with Crippen molar-refractivity contribution in [2.75, 3.05) is 0 Å². The normalized spacial score (nSPS) is 9.91. The number of phenols is 1. The quantitative estimate of drug-likeness (QED) is 0.736. The molecule has 1 aromatic carbocycles. The Labute approximate surface area is 71.6 Å². The second-order valence-electron chi connectivity index (χ2n) is 2.30. The summed E-state index contributed by atoms with van der Waals surface area (Å²) >= 11 is 5.28. The lowest BCUT2D eigenvalue weighted by atomic mass is 10.1. The number of aromatic hydroxyl groups is 1. The summed E-state index contributed by atoms with van der Waals surface area (Å²) in [5.74, 6) is 2.83. The predicted octanol–water partition coefficient (Wildman–Crippen LogP) is 2.60. The molecule has 0 unspecified atom stereocenters. The molecule has 0 heterocycles. The molecule has 0 aliphatic carbocycles. The van der Waals surface area contributed by atoms with Crippen molar-refractivity contribution in [3.63, 3.8) is 0 Å². The number of phenolic OH excluding ortho intramolecular Hbond substituents is 1. The van der Waals surface area contributed by atoms with Crippen LogP contribution in [0.5, 0.6) is 5.75 Å². The van der Waals surface area contributed by atoms with E-state index in [4.69, 9.17) is 16.7 Å². The van der Waals surface area contributed by atoms with Gasteiger partial charge in [-0.1, -0.05) is 12.1 Å². The van der Waals surface area contributed by atoms with Crippen LogP contribution in [0.1, 0.15) is 12.0 Å². The van der Waals surface area contributed by atoms with Gasteiger partial charge in [0.1, 0.15) is 5.75 Å². The van der Waals surface area contributed by atoms with Gasteiger partial charge < -0.3 is 5.11 Å². The summed E-state index contributed by atoms with van der Waals surface area (Å²) in [7, 11) is 0. The van der Waals surface area contributed by atoms with Gasteiger partial charge in [-0.2, -0.15) is 0 Å². The first kappa shape index (κ1) is 8.41. The molecule has 0 bridgehead atoms. The SMILES string of the molecule is Oc1cccc(CC[C]Cl)c1. The Balaban J connectivity index is 2.56. The highest BCUT2D eigenvalue weighted by Gasteiger charge is 1.93. The minimum atomic E-state index is 0.303. The van der Waals surface area contributed by atoms with E-state index in [0.29, 0.717) is 12.2 Å². The Morgan fingerprint density at radius 2 is 2.27 bits per heavy atom. The van der Waals surface area contributed by atoms with Crippen LogP contribution in [0.4, 0.5) is 0 Å². The number of benzene rings is 1. The largest absolute Gasteiger partial charge is 0.508 e. The third-order valence-corrected chi connectivity index (χ3v) is 1.61. The van der Waals surface area contributed by atoms with Gasteiger partial charge in [0, 0.05) is 0 Å². The fourth-order valence-corrected chi connectivity index (χ4v) is 0.998. The highest BCUT2D eigenvalue weighted by atomic mass is 35.5. The Morgan fingerprint density at radius 3 is 2.91 bits per heavy atom. The first-order valence-electron chi connectivity index (χ1n) is 3.44. The van der Waals surface area contributed by atoms with E-state index < -0.39 is 0 Å². The van der Waals surface area contributed by atoms with Gasteiger partial charge in [0.2, 0.25) is 0 Å². The van der Waals surface area contributed by atoms with Crippen molar-refractivity contribution in [2.24, 2.45) is 0 Å². The van der Waals surface area contributed by atoms with Gasteiger partial charge in [-0.15, -0.1) is 11.6 Å². The van der Waals surface area contributed by atoms with Crippen molar-refractivity contribution in [3.8, 4) is 5.75 Å². The van der Waals surface area contributed by atoms with Crippen molar-refractivity contribution in [1.29, 1.82) is 0 Å². The Kier molecular flexibility index (Phi) is 3.24. The molecule has 11 heavy (non-hydrogen) atoms. The summed E-state index contributed by atoms with van der Waals surface area (Å²) in [5, 5.41) is 9.06. The molecule has 0 spiro atoms. The van der Waals surface area contributed by atoms with E-state index in [0.717, 1.165) is 12.0 Å². The zero-order chi connectivity index (χ0) is 8.10. The molecule has 2 heteroatoms. The van der Waals surface area contributed by atoms with Gasteiger partial charge in [0.05, 0.1) is 5.88 Å². The molecule has 0 amide bonds. The molecule has 2 radical (unpaired) electrons. The number of rotatable bonds is 3. The lowest BCUT2D eigenvalue weighted by molar-refractivity contribution is 0.474. The lowest BCUT2D eigenvalue weighted by Crippen LogP contribution is -1.82. The predicted molar refractivity (Wildman–Crippen MR) is 45.5 cm³/mol. The van der Waals surface area contributed by atoms with E-state index >= 15 is 0 Å². The Bertz CT molecular complexity index is 223. The Hall–Kier alpha value is -0.690. The van der Waals surface area contributed by atoms with Crippen LogP contribution in [0, 0.1) is 5.88 Å². The third-order valence-electron chi connectivity index (χ3n) is 1.42. The second kappa shape index (κ2) is 4.24. The van der Waals surface area contributed by atoms with Gasteiger partial charge in [0.25, 0.3) is 0 Å². The van der Waals surface area contributed by atoms with Crippen LogP contribution in [0.3, 0.4) is 0 Å². The first-order chi connectivity index (χ1) is 5.33. The fraction of sp³-hybridized carbons (Fsp3) is 0.222. The minimum absolute atomic E-state index is 0.303. The molecule has 0 saturated heterocycles. The standard InChI is InChI=1S/C9H9ClO/c10-6-2-4-8-3-1-5-9(11)7-8/h1,3,5,7,11H,2,4H2. The highest BCUT2D eigenvalue weighted by Crippen LogP contribution is 2.13. The summed E-state index contributed by atoms with van der Waals surface area (Å²) < 4.78 is 0. The summed E-state index contributed by atoms with van der Waals surface area (Å²) in [6, 6.07) is 7.15. The maximum absolute atomic E-state index is 9.06. The molecule has 0 atom stereocenters. The van der Waals surface area contributed by atoms with Crippen LogP contribution in [-0.2, 0) is 6.42 Å². The molecule has 58 valence electrons. The molecule has 1 rings (SSSR count). The summed E-state index contributed by atoms with van der Waals surface area (Å²) in [6.45, 7) is 0. The van der Waals surface area contributed by atoms with Crippen LogP contribution in [0.25, 0.3) is 0 Å². The topological polar surface area (TPSA) is 20.2 Å². The van der Waals surface area contributed by atoms with E-state index in [1.165, 1.54) is 0 Å². The monoisotopic (exact) mass is 168 g/mol. The van der Waals surface area contributed by atoms with Crippen molar-refractivity contribution in [1.82, 2.24) is 0 Å². The molecule has 0 aliphatic rings. The average molecular weight is 169 g/mol. The number of hydrogen-bond donors (Lipinski definition) is 1. The van der Waals surface area contributed by atoms with Gasteiger partial charge in [-0.05, 0) is 30.5 Å². The van der Waals surface area contributed by atoms with E-state index in [-0.39, 0.29) is 0 Å². The van der Waals surface area contributed by atoms with Crippen molar-refractivity contribution in [3.05, 3.63) is 35.7 Å². The molecule has 1 nitrogen and oxygen atoms in total. The molecule has 1 aromatic rings. The van der Waals surface area contributed by atoms with Crippen LogP contribution in [-0.4, -0.2) is 5.11 Å². The van der Waals surface area contributed by atoms with Gasteiger partial charge in [-0.3, -0.25) is 0 Å². The molecule has 0 fully saturated rings. The second-order valence-corrected chi connectivity index (χ2v) is 2.57. The zero-order valence-electron chi connectivity index (χ0n) is 6.05. The van der Waals surface area contributed by atoms with Crippen LogP contribution >= 0.6 is 11.6 Å². The van der Waals surface area contributed by atoms with E-state index in [9.17, 15) is 0 Å². The van der Waals surface area contributed by atoms with E-state index in [1.807, 2.05) is 12.1 Å². The lowest BCUT2D eigenvalue weighted by Gasteiger charge is -1.98. The molecular weight excluding hydrogens is 160 g/mol. The van der Waals surface area contributed by atoms with Gasteiger partial charge in [0.15, 0.2) is 0 Å². The number of halogens is 1. The molecule has 0 saturated carbocycles. The smallest absolute Gasteiger partial charge is 0.115 e.